The summed E-state index contributed by atoms with van der Waals surface area (Å²) in [4.78, 5) is 5.48. The molecule has 0 radical (unpaired) electrons. The van der Waals surface area contributed by atoms with Crippen LogP contribution in [0, 0.1) is 6.07 Å². The molecule has 0 aliphatic rings. The van der Waals surface area contributed by atoms with Gasteiger partial charge in [0, 0.05) is 44.7 Å². The number of fused-ring (bicyclic) bond motifs is 1. The second kappa shape index (κ2) is 21.2. The van der Waals surface area contributed by atoms with Gasteiger partial charge in [-0.2, -0.15) is 28.2 Å². The van der Waals surface area contributed by atoms with Crippen molar-refractivity contribution in [1.82, 2.24) is 9.55 Å². The Morgan fingerprint density at radius 3 is 1.70 bits per heavy atom. The van der Waals surface area contributed by atoms with Crippen LogP contribution in [0.4, 0.5) is 5.69 Å². The van der Waals surface area contributed by atoms with E-state index in [2.05, 4.69) is 141 Å². The molecule has 0 fully saturated rings. The number of furan rings is 1. The summed E-state index contributed by atoms with van der Waals surface area (Å²) >= 11 is 0. The normalized spacial score (nSPS) is 11.9. The maximum atomic E-state index is 6.31. The van der Waals surface area contributed by atoms with Crippen molar-refractivity contribution < 1.29 is 30.3 Å². The minimum Gasteiger partial charge on any atom is -0.671 e. The van der Waals surface area contributed by atoms with Crippen LogP contribution >= 0.6 is 0 Å². The summed E-state index contributed by atoms with van der Waals surface area (Å²) in [5.74, 6) is 3.65. The van der Waals surface area contributed by atoms with E-state index in [4.69, 9.17) is 14.7 Å². The molecule has 2 heterocycles. The maximum absolute atomic E-state index is 6.31. The van der Waals surface area contributed by atoms with Gasteiger partial charge in [0.25, 0.3) is 0 Å². The molecule has 0 aliphatic heterocycles. The van der Waals surface area contributed by atoms with Crippen LogP contribution in [0.25, 0.3) is 38.2 Å². The van der Waals surface area contributed by atoms with Crippen molar-refractivity contribution in [3.05, 3.63) is 122 Å². The summed E-state index contributed by atoms with van der Waals surface area (Å²) in [6.07, 6.45) is 2.94. The average Bonchev–Trinajstić information content (AvgIpc) is 3.66. The molecular weight excluding hydrogens is 817 g/mol. The molecule has 0 saturated heterocycles. The van der Waals surface area contributed by atoms with Gasteiger partial charge in [0.2, 0.25) is 0 Å². The summed E-state index contributed by atoms with van der Waals surface area (Å²) in [7, 11) is 9.12. The standard InChI is InChI=1S/C42H53N3O.2C2H6N.Hf/c1-13-36-39(32-17-14-15-20-37(32)46-36)35-23-45(12)42(43-35)41(44-40-30(25(4)5)18-16-19-31(40)26(6)7)38-33(27(8)9)21-29(24(2)3)22-34(38)28(10)11;2*1-3-2;/h14-16,18-28,41H,13H2,1-12H3;2*1-2H3;/q-2;2*-1;. The zero-order chi connectivity index (χ0) is 38.9. The molecule has 288 valence electrons. The van der Waals surface area contributed by atoms with E-state index in [1.165, 1.54) is 33.4 Å². The van der Waals surface area contributed by atoms with Gasteiger partial charge in [0.05, 0.1) is 17.3 Å². The van der Waals surface area contributed by atoms with Gasteiger partial charge in [-0.05, 0) is 69.9 Å². The van der Waals surface area contributed by atoms with Crippen LogP contribution in [0.5, 0.6) is 0 Å². The summed E-state index contributed by atoms with van der Waals surface area (Å²) in [6, 6.07) is 20.7. The number of aryl methyl sites for hydroxylation is 2. The first-order chi connectivity index (χ1) is 24.7. The van der Waals surface area contributed by atoms with E-state index in [0.717, 1.165) is 45.9 Å². The molecule has 53 heavy (non-hydrogen) atoms. The molecule has 6 nitrogen and oxygen atoms in total. The largest absolute Gasteiger partial charge is 0.671 e. The molecule has 1 unspecified atom stereocenters. The number of nitrogens with zero attached hydrogens (tertiary/aromatic N) is 5. The maximum Gasteiger partial charge on any atom is 0.0974 e. The van der Waals surface area contributed by atoms with E-state index in [1.807, 2.05) is 18.2 Å². The molecular formula is C46H65HfN5O-4. The van der Waals surface area contributed by atoms with Crippen molar-refractivity contribution in [1.29, 1.82) is 0 Å². The molecule has 1 atom stereocenters. The number of hydrogen-bond acceptors (Lipinski definition) is 2. The molecule has 0 spiro atoms. The second-order valence-electron chi connectivity index (χ2n) is 15.4. The quantitative estimate of drug-likeness (QED) is 0.0979. The average molecular weight is 883 g/mol. The summed E-state index contributed by atoms with van der Waals surface area (Å²) in [5.41, 5.74) is 11.9. The van der Waals surface area contributed by atoms with Gasteiger partial charge >= 0.3 is 0 Å². The number of rotatable bonds is 11. The van der Waals surface area contributed by atoms with Crippen LogP contribution in [0.2, 0.25) is 0 Å². The van der Waals surface area contributed by atoms with Crippen LogP contribution in [0.3, 0.4) is 0 Å². The van der Waals surface area contributed by atoms with Crippen molar-refractivity contribution in [2.24, 2.45) is 7.05 Å². The van der Waals surface area contributed by atoms with Crippen molar-refractivity contribution in [3.8, 4) is 11.3 Å². The zero-order valence-corrected chi connectivity index (χ0v) is 39.1. The topological polar surface area (TPSA) is 73.3 Å². The third-order valence-corrected chi connectivity index (χ3v) is 9.37. The van der Waals surface area contributed by atoms with Gasteiger partial charge in [-0.1, -0.05) is 123 Å². The second-order valence-corrected chi connectivity index (χ2v) is 15.4. The van der Waals surface area contributed by atoms with E-state index >= 15 is 0 Å². The number of imidazole rings is 1. The number of benzene rings is 3. The molecule has 5 aromatic rings. The Kier molecular flexibility index (Phi) is 18.4. The van der Waals surface area contributed by atoms with Gasteiger partial charge in [-0.25, -0.2) is 4.98 Å². The van der Waals surface area contributed by atoms with Gasteiger partial charge < -0.3 is 24.9 Å². The fourth-order valence-corrected chi connectivity index (χ4v) is 6.77. The Balaban J connectivity index is 0.00000130. The van der Waals surface area contributed by atoms with Gasteiger partial charge in [0.15, 0.2) is 0 Å². The van der Waals surface area contributed by atoms with Crippen LogP contribution in [0.1, 0.15) is 157 Å². The third-order valence-electron chi connectivity index (χ3n) is 9.37. The fourth-order valence-electron chi connectivity index (χ4n) is 6.77. The molecule has 0 saturated carbocycles. The Hall–Kier alpha value is -3.00. The first-order valence-electron chi connectivity index (χ1n) is 19.1. The predicted molar refractivity (Wildman–Crippen MR) is 225 cm³/mol. The van der Waals surface area contributed by atoms with Crippen molar-refractivity contribution >= 4 is 16.7 Å². The molecule has 3 aromatic carbocycles. The monoisotopic (exact) mass is 883 g/mol. The van der Waals surface area contributed by atoms with E-state index in [-0.39, 0.29) is 31.9 Å². The molecule has 0 bridgehead atoms. The summed E-state index contributed by atoms with van der Waals surface area (Å²) in [5, 5.41) is 13.8. The smallest absolute Gasteiger partial charge is 0.0974 e. The Labute approximate surface area is 341 Å². The van der Waals surface area contributed by atoms with E-state index in [0.29, 0.717) is 29.6 Å². The molecule has 0 N–H and O–H groups in total. The minimum atomic E-state index is -0.292. The number of aromatic nitrogens is 2. The van der Waals surface area contributed by atoms with Crippen LogP contribution in [-0.2, 0) is 39.3 Å². The number of para-hydroxylation sites is 1. The molecule has 7 heteroatoms. The van der Waals surface area contributed by atoms with Gasteiger partial charge in [-0.15, -0.1) is 30.0 Å². The Morgan fingerprint density at radius 1 is 0.736 bits per heavy atom. The molecule has 2 aromatic heterocycles. The van der Waals surface area contributed by atoms with Crippen LogP contribution in [0.15, 0.2) is 59.1 Å². The SMILES string of the molecule is CCc1oc2ccc[c-]c2c1-c1cn(C)c(C([N-]c2c(C(C)C)cccc2C(C)C)c2c(C(C)C)cc(C(C)C)cc2C(C)C)n1.C[N-]C.C[N-]C.[Hf]. The van der Waals surface area contributed by atoms with Crippen molar-refractivity contribution in [3.63, 3.8) is 0 Å². The molecule has 0 amide bonds. The Bertz CT molecular complexity index is 1810. The third kappa shape index (κ3) is 10.8. The van der Waals surface area contributed by atoms with Gasteiger partial charge in [-0.3, -0.25) is 0 Å². The van der Waals surface area contributed by atoms with Crippen LogP contribution in [-0.4, -0.2) is 37.7 Å². The zero-order valence-electron chi connectivity index (χ0n) is 35.5. The molecule has 5 rings (SSSR count). The first-order valence-corrected chi connectivity index (χ1v) is 19.1. The summed E-state index contributed by atoms with van der Waals surface area (Å²) in [6.45, 7) is 25.1. The number of hydrogen-bond donors (Lipinski definition) is 0. The molecule has 0 aliphatic carbocycles. The Morgan fingerprint density at radius 2 is 1.25 bits per heavy atom. The first kappa shape index (κ1) is 46.2. The van der Waals surface area contributed by atoms with Crippen molar-refractivity contribution in [2.45, 2.75) is 118 Å². The van der Waals surface area contributed by atoms with Gasteiger partial charge in [0.1, 0.15) is 0 Å². The van der Waals surface area contributed by atoms with E-state index in [1.54, 1.807) is 28.2 Å². The fraction of sp³-hybridized carbons (Fsp3) is 0.500. The van der Waals surface area contributed by atoms with E-state index < -0.39 is 0 Å². The van der Waals surface area contributed by atoms with Crippen LogP contribution < -0.4 is 0 Å². The van der Waals surface area contributed by atoms with E-state index in [9.17, 15) is 0 Å². The van der Waals surface area contributed by atoms with Crippen molar-refractivity contribution in [2.75, 3.05) is 28.2 Å². The minimum absolute atomic E-state index is 0. The predicted octanol–water partition coefficient (Wildman–Crippen LogP) is 13.8. The summed E-state index contributed by atoms with van der Waals surface area (Å²) < 4.78 is 8.51.